The molecule has 6 nitrogen and oxygen atoms in total. The third kappa shape index (κ3) is 5.15. The molecule has 0 saturated carbocycles. The Morgan fingerprint density at radius 2 is 1.77 bits per heavy atom. The number of aromatic nitrogens is 2. The Balaban J connectivity index is 1.61. The van der Waals surface area contributed by atoms with Gasteiger partial charge in [0.05, 0.1) is 40.9 Å². The van der Waals surface area contributed by atoms with Crippen molar-refractivity contribution < 1.29 is 21.9 Å². The van der Waals surface area contributed by atoms with Gasteiger partial charge in [-0.15, -0.1) is 0 Å². The highest BCUT2D eigenvalue weighted by Crippen LogP contribution is 2.35. The molecule has 0 aliphatic heterocycles. The second kappa shape index (κ2) is 10.2. The van der Waals surface area contributed by atoms with Crippen molar-refractivity contribution in [1.29, 1.82) is 0 Å². The first-order valence-corrected chi connectivity index (χ1v) is 13.7. The summed E-state index contributed by atoms with van der Waals surface area (Å²) < 4.78 is 61.5. The maximum Gasteiger partial charge on any atom is 0.255 e. The molecule has 0 spiro atoms. The van der Waals surface area contributed by atoms with Crippen LogP contribution in [-0.2, 0) is 15.6 Å². The van der Waals surface area contributed by atoms with E-state index >= 15 is 4.39 Å². The van der Waals surface area contributed by atoms with Gasteiger partial charge in [0.2, 0.25) is 0 Å². The minimum atomic E-state index is -3.83. The molecule has 0 bridgehead atoms. The van der Waals surface area contributed by atoms with E-state index in [9.17, 15) is 17.6 Å². The Bertz CT molecular complexity index is 1910. The number of methoxy groups -OCH3 is 1. The van der Waals surface area contributed by atoms with Gasteiger partial charge in [-0.25, -0.2) is 17.2 Å². The lowest BCUT2D eigenvalue weighted by Gasteiger charge is -2.17. The summed E-state index contributed by atoms with van der Waals surface area (Å²) in [6.45, 7) is 1.82. The van der Waals surface area contributed by atoms with Crippen LogP contribution in [0.1, 0.15) is 11.3 Å². The summed E-state index contributed by atoms with van der Waals surface area (Å²) in [4.78, 5) is 16.8. The van der Waals surface area contributed by atoms with Crippen LogP contribution in [0.25, 0.3) is 27.7 Å². The molecule has 39 heavy (non-hydrogen) atoms. The first-order valence-electron chi connectivity index (χ1n) is 11.7. The summed E-state index contributed by atoms with van der Waals surface area (Å²) in [5, 5.41) is 0.989. The molecule has 0 aliphatic rings. The van der Waals surface area contributed by atoms with Crippen molar-refractivity contribution in [2.24, 2.45) is 0 Å². The Hall–Kier alpha value is -4.08. The topological polar surface area (TPSA) is 78.3 Å². The zero-order valence-electron chi connectivity index (χ0n) is 20.8. The number of hydrogen-bond donors (Lipinski definition) is 0. The highest BCUT2D eigenvalue weighted by molar-refractivity contribution is 7.90. The predicted molar refractivity (Wildman–Crippen MR) is 146 cm³/mol. The van der Waals surface area contributed by atoms with Crippen LogP contribution in [0.2, 0.25) is 5.02 Å². The van der Waals surface area contributed by atoms with E-state index in [2.05, 4.69) is 4.98 Å². The van der Waals surface area contributed by atoms with E-state index in [0.717, 1.165) is 17.8 Å². The van der Waals surface area contributed by atoms with Gasteiger partial charge in [0, 0.05) is 28.1 Å². The highest BCUT2D eigenvalue weighted by Gasteiger charge is 2.20. The number of ether oxygens (including phenoxy) is 1. The van der Waals surface area contributed by atoms with Crippen LogP contribution >= 0.6 is 11.6 Å². The molecule has 0 unspecified atom stereocenters. The second-order valence-corrected chi connectivity index (χ2v) is 11.3. The van der Waals surface area contributed by atoms with Gasteiger partial charge in [-0.1, -0.05) is 17.7 Å². The quantitative estimate of drug-likeness (QED) is 0.242. The predicted octanol–water partition coefficient (Wildman–Crippen LogP) is 6.28. The van der Waals surface area contributed by atoms with Crippen molar-refractivity contribution in [2.75, 3.05) is 7.11 Å². The smallest absolute Gasteiger partial charge is 0.255 e. The standard InChI is InChI=1S/C29H21ClF2N2O4S/c1-17-11-18(3-8-24(17)30)23-13-28(38-2)27(14-25(23)32)34-26-9-7-22(12-19(26)4-10-29(34)35)39(36,37)16-21-6-5-20(31)15-33-21/h3-15H,16H2,1-2H3. The highest BCUT2D eigenvalue weighted by atomic mass is 35.5. The molecule has 5 rings (SSSR count). The van der Waals surface area contributed by atoms with Crippen molar-refractivity contribution in [3.05, 3.63) is 117 Å². The number of halogens is 3. The Labute approximate surface area is 228 Å². The summed E-state index contributed by atoms with van der Waals surface area (Å²) in [7, 11) is -2.42. The van der Waals surface area contributed by atoms with E-state index in [4.69, 9.17) is 16.3 Å². The largest absolute Gasteiger partial charge is 0.495 e. The molecule has 0 amide bonds. The molecule has 5 aromatic rings. The van der Waals surface area contributed by atoms with Crippen molar-refractivity contribution in [2.45, 2.75) is 17.6 Å². The summed E-state index contributed by atoms with van der Waals surface area (Å²) in [5.41, 5.74) is 1.89. The van der Waals surface area contributed by atoms with E-state index in [1.165, 1.54) is 60.2 Å². The number of hydrogen-bond acceptors (Lipinski definition) is 5. The van der Waals surface area contributed by atoms with Crippen molar-refractivity contribution in [3.8, 4) is 22.6 Å². The van der Waals surface area contributed by atoms with Gasteiger partial charge in [0.1, 0.15) is 17.4 Å². The van der Waals surface area contributed by atoms with Gasteiger partial charge in [0.15, 0.2) is 9.84 Å². The van der Waals surface area contributed by atoms with Crippen LogP contribution in [0.15, 0.2) is 88.7 Å². The third-order valence-electron chi connectivity index (χ3n) is 6.33. The van der Waals surface area contributed by atoms with E-state index in [-0.39, 0.29) is 27.6 Å². The van der Waals surface area contributed by atoms with E-state index in [0.29, 0.717) is 21.5 Å². The van der Waals surface area contributed by atoms with Gasteiger partial charge < -0.3 is 4.74 Å². The molecule has 0 fully saturated rings. The molecular weight excluding hydrogens is 546 g/mol. The number of nitrogens with zero attached hydrogens (tertiary/aromatic N) is 2. The SMILES string of the molecule is COc1cc(-c2ccc(Cl)c(C)c2)c(F)cc1-n1c(=O)ccc2cc(S(=O)(=O)Cc3ccc(F)cn3)ccc21. The summed E-state index contributed by atoms with van der Waals surface area (Å²) in [6, 6.07) is 17.3. The monoisotopic (exact) mass is 566 g/mol. The van der Waals surface area contributed by atoms with Gasteiger partial charge in [-0.3, -0.25) is 14.3 Å². The molecule has 3 aromatic carbocycles. The summed E-state index contributed by atoms with van der Waals surface area (Å²) in [6.07, 6.45) is 0.954. The fourth-order valence-corrected chi connectivity index (χ4v) is 5.78. The molecule has 2 heterocycles. The second-order valence-electron chi connectivity index (χ2n) is 8.92. The molecule has 0 saturated heterocycles. The molecule has 10 heteroatoms. The number of sulfone groups is 1. The van der Waals surface area contributed by atoms with Gasteiger partial charge >= 0.3 is 0 Å². The maximum atomic E-state index is 15.4. The van der Waals surface area contributed by atoms with E-state index < -0.39 is 32.8 Å². The number of rotatable bonds is 6. The lowest BCUT2D eigenvalue weighted by atomic mass is 10.0. The third-order valence-corrected chi connectivity index (χ3v) is 8.40. The van der Waals surface area contributed by atoms with E-state index in [1.54, 1.807) is 18.2 Å². The summed E-state index contributed by atoms with van der Waals surface area (Å²) >= 11 is 6.12. The van der Waals surface area contributed by atoms with Crippen molar-refractivity contribution in [1.82, 2.24) is 9.55 Å². The lowest BCUT2D eigenvalue weighted by molar-refractivity contribution is 0.412. The molecule has 0 N–H and O–H groups in total. The average Bonchev–Trinajstić information content (AvgIpc) is 2.91. The fraction of sp³-hybridized carbons (Fsp3) is 0.103. The number of pyridine rings is 2. The van der Waals surface area contributed by atoms with Gasteiger partial charge in [-0.05, 0) is 72.6 Å². The first-order chi connectivity index (χ1) is 18.6. The molecule has 198 valence electrons. The van der Waals surface area contributed by atoms with Crippen LogP contribution in [0.4, 0.5) is 8.78 Å². The first kappa shape index (κ1) is 26.5. The Morgan fingerprint density at radius 1 is 0.974 bits per heavy atom. The minimum absolute atomic E-state index is 0.00192. The number of benzene rings is 3. The molecule has 0 radical (unpaired) electrons. The van der Waals surface area contributed by atoms with Crippen molar-refractivity contribution in [3.63, 3.8) is 0 Å². The fourth-order valence-electron chi connectivity index (χ4n) is 4.35. The van der Waals surface area contributed by atoms with Gasteiger partial charge in [-0.2, -0.15) is 0 Å². The average molecular weight is 567 g/mol. The van der Waals surface area contributed by atoms with Crippen LogP contribution in [-0.4, -0.2) is 25.1 Å². The molecule has 0 aliphatic carbocycles. The minimum Gasteiger partial charge on any atom is -0.495 e. The van der Waals surface area contributed by atoms with Crippen LogP contribution in [0, 0.1) is 18.6 Å². The molecular formula is C29H21ClF2N2O4S. The van der Waals surface area contributed by atoms with E-state index in [1.807, 2.05) is 6.92 Å². The summed E-state index contributed by atoms with van der Waals surface area (Å²) in [5.74, 6) is -1.33. The van der Waals surface area contributed by atoms with Crippen LogP contribution in [0.3, 0.4) is 0 Å². The Kier molecular flexibility index (Phi) is 6.96. The molecule has 2 aromatic heterocycles. The van der Waals surface area contributed by atoms with Crippen molar-refractivity contribution >= 4 is 32.3 Å². The Morgan fingerprint density at radius 3 is 2.46 bits per heavy atom. The maximum absolute atomic E-state index is 15.4. The zero-order valence-corrected chi connectivity index (χ0v) is 22.4. The number of aryl methyl sites for hydroxylation is 1. The lowest BCUT2D eigenvalue weighted by Crippen LogP contribution is -2.18. The van der Waals surface area contributed by atoms with Crippen LogP contribution in [0.5, 0.6) is 5.75 Å². The van der Waals surface area contributed by atoms with Crippen LogP contribution < -0.4 is 10.3 Å². The molecule has 0 atom stereocenters. The van der Waals surface area contributed by atoms with Gasteiger partial charge in [0.25, 0.3) is 5.56 Å². The normalized spacial score (nSPS) is 11.6. The number of fused-ring (bicyclic) bond motifs is 1. The zero-order chi connectivity index (χ0) is 27.9.